The van der Waals surface area contributed by atoms with Crippen LogP contribution in [0, 0.1) is 6.92 Å². The Hall–Kier alpha value is -1.77. The van der Waals surface area contributed by atoms with Gasteiger partial charge in [0.2, 0.25) is 15.9 Å². The Bertz CT molecular complexity index is 668. The fraction of sp³-hybridized carbons (Fsp3) is 0.333. The maximum atomic E-state index is 12.2. The first-order chi connectivity index (χ1) is 9.54. The van der Waals surface area contributed by atoms with Gasteiger partial charge in [0.15, 0.2) is 6.33 Å². The third-order valence-electron chi connectivity index (χ3n) is 2.89. The predicted molar refractivity (Wildman–Crippen MR) is 70.3 cm³/mol. The lowest BCUT2D eigenvalue weighted by Gasteiger charge is -2.11. The summed E-state index contributed by atoms with van der Waals surface area (Å²) in [5.74, 6) is 0.369. The van der Waals surface area contributed by atoms with Crippen molar-refractivity contribution in [2.75, 3.05) is 6.54 Å². The number of aliphatic hydroxyl groups excluding tert-OH is 1. The molecule has 0 aliphatic heterocycles. The molecule has 0 saturated carbocycles. The minimum atomic E-state index is -3.63. The van der Waals surface area contributed by atoms with E-state index in [4.69, 9.17) is 9.63 Å². The van der Waals surface area contributed by atoms with Gasteiger partial charge in [0.05, 0.1) is 11.5 Å². The van der Waals surface area contributed by atoms with Crippen LogP contribution in [0.1, 0.15) is 17.0 Å². The molecule has 8 heteroatoms. The van der Waals surface area contributed by atoms with E-state index in [0.717, 1.165) is 0 Å². The summed E-state index contributed by atoms with van der Waals surface area (Å²) in [6, 6.07) is 4.79. The molecule has 0 fully saturated rings. The first-order valence-electron chi connectivity index (χ1n) is 5.99. The summed E-state index contributed by atoms with van der Waals surface area (Å²) in [6.45, 7) is 1.63. The average Bonchev–Trinajstić information content (AvgIpc) is 2.91. The van der Waals surface area contributed by atoms with E-state index in [-0.39, 0.29) is 18.0 Å². The molecule has 0 radical (unpaired) electrons. The van der Waals surface area contributed by atoms with Crippen LogP contribution >= 0.6 is 0 Å². The topological polar surface area (TPSA) is 105 Å². The Labute approximate surface area is 116 Å². The Morgan fingerprint density at radius 1 is 1.40 bits per heavy atom. The molecule has 2 rings (SSSR count). The van der Waals surface area contributed by atoms with E-state index < -0.39 is 10.0 Å². The van der Waals surface area contributed by atoms with Gasteiger partial charge in [-0.3, -0.25) is 0 Å². The number of rotatable bonds is 6. The molecule has 2 aromatic rings. The van der Waals surface area contributed by atoms with Crippen LogP contribution in [0.2, 0.25) is 0 Å². The monoisotopic (exact) mass is 297 g/mol. The first-order valence-corrected chi connectivity index (χ1v) is 7.47. The molecule has 0 aliphatic rings. The van der Waals surface area contributed by atoms with E-state index in [1.54, 1.807) is 19.1 Å². The van der Waals surface area contributed by atoms with E-state index in [1.807, 2.05) is 0 Å². The highest BCUT2D eigenvalue weighted by Gasteiger charge is 2.18. The first kappa shape index (κ1) is 14.6. The van der Waals surface area contributed by atoms with Gasteiger partial charge in [0.25, 0.3) is 0 Å². The van der Waals surface area contributed by atoms with Crippen molar-refractivity contribution >= 4 is 10.0 Å². The van der Waals surface area contributed by atoms with Gasteiger partial charge in [-0.15, -0.1) is 0 Å². The summed E-state index contributed by atoms with van der Waals surface area (Å²) >= 11 is 0. The number of hydrogen-bond acceptors (Lipinski definition) is 6. The number of aromatic nitrogens is 2. The molecule has 0 atom stereocenters. The number of benzene rings is 1. The van der Waals surface area contributed by atoms with Crippen molar-refractivity contribution in [2.45, 2.75) is 24.8 Å². The average molecular weight is 297 g/mol. The predicted octanol–water partition coefficient (Wildman–Crippen LogP) is 0.391. The molecule has 0 unspecified atom stereocenters. The molecule has 1 aromatic heterocycles. The molecule has 7 nitrogen and oxygen atoms in total. The van der Waals surface area contributed by atoms with Crippen LogP contribution in [-0.4, -0.2) is 30.2 Å². The van der Waals surface area contributed by atoms with Gasteiger partial charge in [-0.1, -0.05) is 17.3 Å². The molecule has 0 spiro atoms. The van der Waals surface area contributed by atoms with E-state index in [9.17, 15) is 8.42 Å². The zero-order valence-electron chi connectivity index (χ0n) is 10.9. The molecular formula is C12H15N3O4S. The highest BCUT2D eigenvalue weighted by atomic mass is 32.2. The fourth-order valence-electron chi connectivity index (χ4n) is 1.80. The standard InChI is InChI=1S/C12H15N3O4S/c1-9-10(7-16)3-2-4-11(9)20(17,18)15-6-5-12-13-8-14-19-12/h2-4,8,15-16H,5-7H2,1H3. The van der Waals surface area contributed by atoms with Gasteiger partial charge in [-0.05, 0) is 24.1 Å². The SMILES string of the molecule is Cc1c(CO)cccc1S(=O)(=O)NCCc1ncno1. The van der Waals surface area contributed by atoms with Crippen LogP contribution in [0.15, 0.2) is 33.9 Å². The molecule has 0 saturated heterocycles. The van der Waals surface area contributed by atoms with E-state index in [1.165, 1.54) is 12.4 Å². The maximum absolute atomic E-state index is 12.2. The minimum Gasteiger partial charge on any atom is -0.392 e. The van der Waals surface area contributed by atoms with Crippen molar-refractivity contribution in [3.8, 4) is 0 Å². The Morgan fingerprint density at radius 3 is 2.85 bits per heavy atom. The number of hydrogen-bond donors (Lipinski definition) is 2. The van der Waals surface area contributed by atoms with Crippen molar-refractivity contribution in [1.29, 1.82) is 0 Å². The Balaban J connectivity index is 2.10. The van der Waals surface area contributed by atoms with Crippen LogP contribution in [0.3, 0.4) is 0 Å². The summed E-state index contributed by atoms with van der Waals surface area (Å²) in [4.78, 5) is 3.97. The number of aliphatic hydroxyl groups is 1. The van der Waals surface area contributed by atoms with Crippen LogP contribution in [0.25, 0.3) is 0 Å². The van der Waals surface area contributed by atoms with Crippen molar-refractivity contribution < 1.29 is 18.0 Å². The Kier molecular flexibility index (Phi) is 4.48. The molecule has 0 amide bonds. The van der Waals surface area contributed by atoms with Crippen LogP contribution < -0.4 is 4.72 Å². The number of nitrogens with zero attached hydrogens (tertiary/aromatic N) is 2. The van der Waals surface area contributed by atoms with E-state index in [0.29, 0.717) is 23.4 Å². The zero-order valence-corrected chi connectivity index (χ0v) is 11.7. The van der Waals surface area contributed by atoms with Crippen molar-refractivity contribution in [3.63, 3.8) is 0 Å². The minimum absolute atomic E-state index is 0.160. The lowest BCUT2D eigenvalue weighted by Crippen LogP contribution is -2.27. The van der Waals surface area contributed by atoms with Crippen molar-refractivity contribution in [2.24, 2.45) is 0 Å². The number of sulfonamides is 1. The molecule has 1 heterocycles. The van der Waals surface area contributed by atoms with Gasteiger partial charge in [0, 0.05) is 13.0 Å². The fourth-order valence-corrected chi connectivity index (χ4v) is 3.12. The summed E-state index contributed by atoms with van der Waals surface area (Å²) in [5.41, 5.74) is 1.13. The molecular weight excluding hydrogens is 282 g/mol. The normalized spacial score (nSPS) is 11.7. The molecule has 1 aromatic carbocycles. The van der Waals surface area contributed by atoms with Gasteiger partial charge in [-0.2, -0.15) is 4.98 Å². The maximum Gasteiger partial charge on any atom is 0.240 e. The Morgan fingerprint density at radius 2 is 2.20 bits per heavy atom. The second-order valence-corrected chi connectivity index (χ2v) is 5.92. The van der Waals surface area contributed by atoms with Gasteiger partial charge < -0.3 is 9.63 Å². The van der Waals surface area contributed by atoms with Crippen molar-refractivity contribution in [3.05, 3.63) is 41.5 Å². The number of nitrogens with one attached hydrogen (secondary N) is 1. The molecule has 108 valence electrons. The largest absolute Gasteiger partial charge is 0.392 e. The molecule has 20 heavy (non-hydrogen) atoms. The van der Waals surface area contributed by atoms with Crippen LogP contribution in [0.5, 0.6) is 0 Å². The lowest BCUT2D eigenvalue weighted by molar-refractivity contribution is 0.280. The van der Waals surface area contributed by atoms with Crippen LogP contribution in [0.4, 0.5) is 0 Å². The summed E-state index contributed by atoms with van der Waals surface area (Å²) in [7, 11) is -3.63. The van der Waals surface area contributed by atoms with Crippen LogP contribution in [-0.2, 0) is 23.1 Å². The summed E-state index contributed by atoms with van der Waals surface area (Å²) in [6.07, 6.45) is 1.58. The second kappa shape index (κ2) is 6.12. The quantitative estimate of drug-likeness (QED) is 0.799. The molecule has 0 bridgehead atoms. The summed E-state index contributed by atoms with van der Waals surface area (Å²) < 4.78 is 31.6. The molecule has 2 N–H and O–H groups in total. The highest BCUT2D eigenvalue weighted by Crippen LogP contribution is 2.18. The third-order valence-corrected chi connectivity index (χ3v) is 4.50. The van der Waals surface area contributed by atoms with Crippen molar-refractivity contribution in [1.82, 2.24) is 14.9 Å². The smallest absolute Gasteiger partial charge is 0.240 e. The van der Waals surface area contributed by atoms with Gasteiger partial charge in [0.1, 0.15) is 0 Å². The highest BCUT2D eigenvalue weighted by molar-refractivity contribution is 7.89. The molecule has 0 aliphatic carbocycles. The van der Waals surface area contributed by atoms with E-state index in [2.05, 4.69) is 14.9 Å². The lowest BCUT2D eigenvalue weighted by atomic mass is 10.1. The third kappa shape index (κ3) is 3.21. The second-order valence-electron chi connectivity index (χ2n) is 4.18. The summed E-state index contributed by atoms with van der Waals surface area (Å²) in [5, 5.41) is 12.6. The van der Waals surface area contributed by atoms with Gasteiger partial charge >= 0.3 is 0 Å². The van der Waals surface area contributed by atoms with Gasteiger partial charge in [-0.25, -0.2) is 13.1 Å². The zero-order chi connectivity index (χ0) is 14.6. The van der Waals surface area contributed by atoms with E-state index >= 15 is 0 Å².